The van der Waals surface area contributed by atoms with E-state index < -0.39 is 0 Å². The standard InChI is InChI=1S/C16H24N2O2/c1-20-15-9-5-2-6-12(15)10-11-18-16(19)13-7-3-4-8-14(13)17/h2,5-6,9,13-14H,3-4,7-8,10-11,17H2,1H3,(H,18,19). The van der Waals surface area contributed by atoms with Crippen molar-refractivity contribution < 1.29 is 9.53 Å². The van der Waals surface area contributed by atoms with Crippen LogP contribution in [0.2, 0.25) is 0 Å². The van der Waals surface area contributed by atoms with Gasteiger partial charge in [-0.25, -0.2) is 0 Å². The number of hydrogen-bond acceptors (Lipinski definition) is 3. The Kier molecular flexibility index (Phi) is 5.41. The van der Waals surface area contributed by atoms with Crippen LogP contribution < -0.4 is 15.8 Å². The van der Waals surface area contributed by atoms with E-state index >= 15 is 0 Å². The van der Waals surface area contributed by atoms with Crippen molar-refractivity contribution in [1.82, 2.24) is 5.32 Å². The second-order valence-corrected chi connectivity index (χ2v) is 5.41. The summed E-state index contributed by atoms with van der Waals surface area (Å²) in [6.07, 6.45) is 4.91. The van der Waals surface area contributed by atoms with Crippen LogP contribution in [0.1, 0.15) is 31.2 Å². The average molecular weight is 276 g/mol. The Balaban J connectivity index is 1.81. The van der Waals surface area contributed by atoms with Gasteiger partial charge in [0, 0.05) is 12.6 Å². The van der Waals surface area contributed by atoms with E-state index in [2.05, 4.69) is 5.32 Å². The molecule has 0 aliphatic heterocycles. The molecule has 2 atom stereocenters. The second kappa shape index (κ2) is 7.29. The number of ether oxygens (including phenoxy) is 1. The highest BCUT2D eigenvalue weighted by molar-refractivity contribution is 5.79. The van der Waals surface area contributed by atoms with Crippen molar-refractivity contribution in [2.45, 2.75) is 38.1 Å². The summed E-state index contributed by atoms with van der Waals surface area (Å²) < 4.78 is 5.30. The largest absolute Gasteiger partial charge is 0.496 e. The van der Waals surface area contributed by atoms with Gasteiger partial charge in [-0.3, -0.25) is 4.79 Å². The fraction of sp³-hybridized carbons (Fsp3) is 0.562. The van der Waals surface area contributed by atoms with Crippen LogP contribution in [0.5, 0.6) is 5.75 Å². The van der Waals surface area contributed by atoms with E-state index in [1.165, 1.54) is 0 Å². The fourth-order valence-electron chi connectivity index (χ4n) is 2.85. The normalized spacial score (nSPS) is 22.3. The van der Waals surface area contributed by atoms with Crippen molar-refractivity contribution in [2.24, 2.45) is 11.7 Å². The van der Waals surface area contributed by atoms with Gasteiger partial charge in [-0.05, 0) is 30.9 Å². The molecule has 0 saturated heterocycles. The number of methoxy groups -OCH3 is 1. The predicted molar refractivity (Wildman–Crippen MR) is 79.6 cm³/mol. The number of rotatable bonds is 5. The second-order valence-electron chi connectivity index (χ2n) is 5.41. The third kappa shape index (κ3) is 3.73. The summed E-state index contributed by atoms with van der Waals surface area (Å²) in [5.41, 5.74) is 7.14. The van der Waals surface area contributed by atoms with E-state index in [0.29, 0.717) is 6.54 Å². The van der Waals surface area contributed by atoms with E-state index in [9.17, 15) is 4.79 Å². The Morgan fingerprint density at radius 1 is 1.35 bits per heavy atom. The Labute approximate surface area is 120 Å². The topological polar surface area (TPSA) is 64.3 Å². The molecule has 1 aliphatic carbocycles. The van der Waals surface area contributed by atoms with Crippen LogP contribution >= 0.6 is 0 Å². The van der Waals surface area contributed by atoms with Crippen LogP contribution in [0.3, 0.4) is 0 Å². The van der Waals surface area contributed by atoms with Crippen molar-refractivity contribution in [1.29, 1.82) is 0 Å². The molecule has 3 N–H and O–H groups in total. The number of nitrogens with one attached hydrogen (secondary N) is 1. The molecule has 1 aliphatic rings. The number of amides is 1. The van der Waals surface area contributed by atoms with Gasteiger partial charge in [0.2, 0.25) is 5.91 Å². The van der Waals surface area contributed by atoms with E-state index in [4.69, 9.17) is 10.5 Å². The van der Waals surface area contributed by atoms with Crippen LogP contribution in [0.15, 0.2) is 24.3 Å². The van der Waals surface area contributed by atoms with Gasteiger partial charge in [-0.1, -0.05) is 31.0 Å². The highest BCUT2D eigenvalue weighted by Gasteiger charge is 2.27. The van der Waals surface area contributed by atoms with Gasteiger partial charge < -0.3 is 15.8 Å². The lowest BCUT2D eigenvalue weighted by atomic mass is 9.84. The Hall–Kier alpha value is -1.55. The van der Waals surface area contributed by atoms with Gasteiger partial charge >= 0.3 is 0 Å². The van der Waals surface area contributed by atoms with Crippen LogP contribution in [-0.4, -0.2) is 25.6 Å². The first-order valence-corrected chi connectivity index (χ1v) is 7.37. The zero-order valence-corrected chi connectivity index (χ0v) is 12.1. The first kappa shape index (κ1) is 14.9. The number of para-hydroxylation sites is 1. The van der Waals surface area contributed by atoms with Gasteiger partial charge in [0.1, 0.15) is 5.75 Å². The molecule has 110 valence electrons. The van der Waals surface area contributed by atoms with Gasteiger partial charge in [0.05, 0.1) is 13.0 Å². The van der Waals surface area contributed by atoms with Crippen molar-refractivity contribution >= 4 is 5.91 Å². The molecule has 2 rings (SSSR count). The van der Waals surface area contributed by atoms with E-state index in [1.54, 1.807) is 7.11 Å². The molecule has 1 aromatic carbocycles. The minimum Gasteiger partial charge on any atom is -0.496 e. The van der Waals surface area contributed by atoms with Crippen molar-refractivity contribution in [2.75, 3.05) is 13.7 Å². The van der Waals surface area contributed by atoms with Crippen LogP contribution in [0.25, 0.3) is 0 Å². The lowest BCUT2D eigenvalue weighted by molar-refractivity contribution is -0.126. The molecule has 0 heterocycles. The van der Waals surface area contributed by atoms with E-state index in [0.717, 1.165) is 43.4 Å². The molecule has 2 unspecified atom stereocenters. The Morgan fingerprint density at radius 3 is 2.85 bits per heavy atom. The monoisotopic (exact) mass is 276 g/mol. The van der Waals surface area contributed by atoms with E-state index in [1.807, 2.05) is 24.3 Å². The first-order valence-electron chi connectivity index (χ1n) is 7.37. The zero-order chi connectivity index (χ0) is 14.4. The average Bonchev–Trinajstić information content (AvgIpc) is 2.48. The van der Waals surface area contributed by atoms with Gasteiger partial charge in [0.25, 0.3) is 0 Å². The van der Waals surface area contributed by atoms with Gasteiger partial charge in [-0.2, -0.15) is 0 Å². The summed E-state index contributed by atoms with van der Waals surface area (Å²) in [6.45, 7) is 0.627. The molecule has 0 bridgehead atoms. The Morgan fingerprint density at radius 2 is 2.10 bits per heavy atom. The quantitative estimate of drug-likeness (QED) is 0.863. The number of carbonyl (C=O) groups is 1. The molecule has 1 fully saturated rings. The van der Waals surface area contributed by atoms with Crippen LogP contribution in [0.4, 0.5) is 0 Å². The summed E-state index contributed by atoms with van der Waals surface area (Å²) in [5, 5.41) is 3.01. The summed E-state index contributed by atoms with van der Waals surface area (Å²) in [6, 6.07) is 7.92. The van der Waals surface area contributed by atoms with Crippen molar-refractivity contribution in [3.63, 3.8) is 0 Å². The molecule has 1 aromatic rings. The molecule has 0 radical (unpaired) electrons. The maximum absolute atomic E-state index is 12.1. The van der Waals surface area contributed by atoms with Crippen molar-refractivity contribution in [3.05, 3.63) is 29.8 Å². The minimum absolute atomic E-state index is 0.0126. The summed E-state index contributed by atoms with van der Waals surface area (Å²) in [7, 11) is 1.67. The summed E-state index contributed by atoms with van der Waals surface area (Å²) in [4.78, 5) is 12.1. The lowest BCUT2D eigenvalue weighted by Gasteiger charge is -2.27. The Bertz CT molecular complexity index is 448. The molecule has 1 amide bonds. The van der Waals surface area contributed by atoms with Crippen LogP contribution in [-0.2, 0) is 11.2 Å². The molecular weight excluding hydrogens is 252 g/mol. The minimum atomic E-state index is -0.0126. The number of hydrogen-bond donors (Lipinski definition) is 2. The van der Waals surface area contributed by atoms with Crippen molar-refractivity contribution in [3.8, 4) is 5.75 Å². The van der Waals surface area contributed by atoms with Crippen LogP contribution in [0, 0.1) is 5.92 Å². The molecule has 4 nitrogen and oxygen atoms in total. The number of nitrogens with two attached hydrogens (primary N) is 1. The SMILES string of the molecule is COc1ccccc1CCNC(=O)C1CCCCC1N. The molecule has 1 saturated carbocycles. The van der Waals surface area contributed by atoms with E-state index in [-0.39, 0.29) is 17.9 Å². The summed E-state index contributed by atoms with van der Waals surface area (Å²) in [5.74, 6) is 0.963. The number of benzene rings is 1. The lowest BCUT2D eigenvalue weighted by Crippen LogP contribution is -2.44. The fourth-order valence-corrected chi connectivity index (χ4v) is 2.85. The maximum atomic E-state index is 12.1. The predicted octanol–water partition coefficient (Wildman–Crippen LogP) is 1.87. The molecule has 4 heteroatoms. The van der Waals surface area contributed by atoms with Gasteiger partial charge in [-0.15, -0.1) is 0 Å². The smallest absolute Gasteiger partial charge is 0.224 e. The highest BCUT2D eigenvalue weighted by Crippen LogP contribution is 2.23. The zero-order valence-electron chi connectivity index (χ0n) is 12.1. The maximum Gasteiger partial charge on any atom is 0.224 e. The first-order chi connectivity index (χ1) is 9.72. The molecule has 20 heavy (non-hydrogen) atoms. The summed E-state index contributed by atoms with van der Waals surface area (Å²) >= 11 is 0. The molecule has 0 spiro atoms. The highest BCUT2D eigenvalue weighted by atomic mass is 16.5. The molecular formula is C16H24N2O2. The number of carbonyl (C=O) groups excluding carboxylic acids is 1. The molecule has 0 aromatic heterocycles. The third-order valence-electron chi connectivity index (χ3n) is 4.04. The van der Waals surface area contributed by atoms with Gasteiger partial charge in [0.15, 0.2) is 0 Å². The third-order valence-corrected chi connectivity index (χ3v) is 4.04.